The monoisotopic (exact) mass is 305 g/mol. The molecule has 108 valence electrons. The molecule has 0 spiro atoms. The van der Waals surface area contributed by atoms with E-state index in [2.05, 4.69) is 15.5 Å². The highest BCUT2D eigenvalue weighted by Gasteiger charge is 2.08. The summed E-state index contributed by atoms with van der Waals surface area (Å²) in [6.07, 6.45) is 4.23. The van der Waals surface area contributed by atoms with Gasteiger partial charge >= 0.3 is 0 Å². The van der Waals surface area contributed by atoms with Crippen molar-refractivity contribution < 1.29 is 17.8 Å². The van der Waals surface area contributed by atoms with E-state index in [1.807, 2.05) is 0 Å². The van der Waals surface area contributed by atoms with Crippen molar-refractivity contribution in [1.82, 2.24) is 10.4 Å². The van der Waals surface area contributed by atoms with Crippen LogP contribution in [0.25, 0.3) is 0 Å². The zero-order valence-corrected chi connectivity index (χ0v) is 11.5. The molecule has 7 nitrogen and oxygen atoms in total. The molecule has 0 radical (unpaired) electrons. The molecule has 0 bridgehead atoms. The Balaban J connectivity index is 2.07. The molecular formula is C13H11N3O4S. The molecule has 0 aliphatic rings. The number of carbonyl (C=O) groups excluding carboxylic acids is 1. The zero-order valence-electron chi connectivity index (χ0n) is 10.7. The number of hydrazone groups is 1. The number of carbonyl (C=O) groups is 1. The second kappa shape index (κ2) is 6.25. The summed E-state index contributed by atoms with van der Waals surface area (Å²) in [6.45, 7) is 0. The maximum Gasteiger partial charge on any atom is 0.294 e. The highest BCUT2D eigenvalue weighted by molar-refractivity contribution is 7.85. The first-order valence-electron chi connectivity index (χ1n) is 5.78. The van der Waals surface area contributed by atoms with Crippen molar-refractivity contribution in [3.8, 4) is 0 Å². The number of aromatic nitrogens is 1. The van der Waals surface area contributed by atoms with Crippen molar-refractivity contribution in [3.63, 3.8) is 0 Å². The predicted molar refractivity (Wildman–Crippen MR) is 75.6 cm³/mol. The number of nitrogens with one attached hydrogen (secondary N) is 1. The fourth-order valence-electron chi connectivity index (χ4n) is 1.49. The standard InChI is InChI=1S/C13H11N3O4S/c17-13(11-4-6-14-7-5-11)16-15-9-10-2-1-3-12(8-10)21(18,19)20/h1-9H,(H,16,17)(H,18,19,20)/b15-9+. The third-order valence-electron chi connectivity index (χ3n) is 2.48. The van der Waals surface area contributed by atoms with Gasteiger partial charge in [-0.25, -0.2) is 5.43 Å². The smallest absolute Gasteiger partial charge is 0.282 e. The van der Waals surface area contributed by atoms with Gasteiger partial charge in [0.25, 0.3) is 16.0 Å². The molecule has 1 aromatic carbocycles. The second-order valence-electron chi connectivity index (χ2n) is 3.98. The van der Waals surface area contributed by atoms with Gasteiger partial charge in [-0.2, -0.15) is 13.5 Å². The predicted octanol–water partition coefficient (Wildman–Crippen LogP) is 1.09. The van der Waals surface area contributed by atoms with Crippen LogP contribution < -0.4 is 5.43 Å². The van der Waals surface area contributed by atoms with Crippen LogP contribution in [-0.2, 0) is 10.1 Å². The number of pyridine rings is 1. The minimum atomic E-state index is -4.27. The molecule has 0 saturated carbocycles. The van der Waals surface area contributed by atoms with Crippen LogP contribution in [0.5, 0.6) is 0 Å². The minimum Gasteiger partial charge on any atom is -0.282 e. The summed E-state index contributed by atoms with van der Waals surface area (Å²) < 4.78 is 30.9. The van der Waals surface area contributed by atoms with Crippen molar-refractivity contribution in [2.45, 2.75) is 4.90 Å². The molecule has 1 aromatic heterocycles. The summed E-state index contributed by atoms with van der Waals surface area (Å²) in [5.74, 6) is -0.417. The van der Waals surface area contributed by atoms with Gasteiger partial charge in [-0.3, -0.25) is 14.3 Å². The normalized spacial score (nSPS) is 11.5. The highest BCUT2D eigenvalue weighted by Crippen LogP contribution is 2.09. The van der Waals surface area contributed by atoms with E-state index in [0.29, 0.717) is 11.1 Å². The number of hydrogen-bond acceptors (Lipinski definition) is 5. The Labute approximate surface area is 121 Å². The van der Waals surface area contributed by atoms with Gasteiger partial charge in [-0.15, -0.1) is 0 Å². The largest absolute Gasteiger partial charge is 0.294 e. The SMILES string of the molecule is O=C(N/N=C/c1cccc(S(=O)(=O)O)c1)c1ccncc1. The van der Waals surface area contributed by atoms with E-state index < -0.39 is 16.0 Å². The van der Waals surface area contributed by atoms with Crippen LogP contribution in [0.1, 0.15) is 15.9 Å². The van der Waals surface area contributed by atoms with Crippen molar-refractivity contribution in [1.29, 1.82) is 0 Å². The second-order valence-corrected chi connectivity index (χ2v) is 5.40. The van der Waals surface area contributed by atoms with Gasteiger partial charge in [-0.1, -0.05) is 12.1 Å². The maximum absolute atomic E-state index is 11.7. The van der Waals surface area contributed by atoms with Crippen LogP contribution >= 0.6 is 0 Å². The number of benzene rings is 1. The summed E-state index contributed by atoms with van der Waals surface area (Å²) in [5.41, 5.74) is 3.11. The average molecular weight is 305 g/mol. The maximum atomic E-state index is 11.7. The van der Waals surface area contributed by atoms with Crippen molar-refractivity contribution >= 4 is 22.2 Å². The lowest BCUT2D eigenvalue weighted by Gasteiger charge is -2.00. The van der Waals surface area contributed by atoms with Gasteiger partial charge in [0.1, 0.15) is 0 Å². The quantitative estimate of drug-likeness (QED) is 0.499. The highest BCUT2D eigenvalue weighted by atomic mass is 32.2. The van der Waals surface area contributed by atoms with Crippen molar-refractivity contribution in [3.05, 3.63) is 59.9 Å². The molecule has 0 saturated heterocycles. The lowest BCUT2D eigenvalue weighted by molar-refractivity contribution is 0.0955. The molecule has 0 unspecified atom stereocenters. The van der Waals surface area contributed by atoms with E-state index >= 15 is 0 Å². The zero-order chi connectivity index (χ0) is 15.3. The molecule has 2 aromatic rings. The van der Waals surface area contributed by atoms with Crippen LogP contribution in [0.3, 0.4) is 0 Å². The van der Waals surface area contributed by atoms with Crippen LogP contribution in [0.2, 0.25) is 0 Å². The number of hydrogen-bond donors (Lipinski definition) is 2. The molecule has 0 aliphatic carbocycles. The molecular weight excluding hydrogens is 294 g/mol. The molecule has 21 heavy (non-hydrogen) atoms. The summed E-state index contributed by atoms with van der Waals surface area (Å²) in [7, 11) is -4.27. The molecule has 0 aliphatic heterocycles. The van der Waals surface area contributed by atoms with Crippen molar-refractivity contribution in [2.24, 2.45) is 5.10 Å². The fraction of sp³-hybridized carbons (Fsp3) is 0. The van der Waals surface area contributed by atoms with Gasteiger partial charge in [0.05, 0.1) is 11.1 Å². The van der Waals surface area contributed by atoms with E-state index in [1.54, 1.807) is 6.07 Å². The van der Waals surface area contributed by atoms with Crippen LogP contribution in [0, 0.1) is 0 Å². The topological polar surface area (TPSA) is 109 Å². The van der Waals surface area contributed by atoms with E-state index in [1.165, 1.54) is 48.9 Å². The Kier molecular flexibility index (Phi) is 4.41. The molecule has 8 heteroatoms. The third-order valence-corrected chi connectivity index (χ3v) is 3.33. The van der Waals surface area contributed by atoms with E-state index in [0.717, 1.165) is 0 Å². The molecule has 2 N–H and O–H groups in total. The molecule has 1 heterocycles. The number of amides is 1. The van der Waals surface area contributed by atoms with Gasteiger partial charge in [0, 0.05) is 18.0 Å². The van der Waals surface area contributed by atoms with Crippen molar-refractivity contribution in [2.75, 3.05) is 0 Å². The van der Waals surface area contributed by atoms with Gasteiger partial charge in [0.15, 0.2) is 0 Å². The Morgan fingerprint density at radius 1 is 1.24 bits per heavy atom. The first-order chi connectivity index (χ1) is 9.97. The minimum absolute atomic E-state index is 0.244. The Morgan fingerprint density at radius 3 is 2.62 bits per heavy atom. The summed E-state index contributed by atoms with van der Waals surface area (Å²) in [6, 6.07) is 8.58. The Hall–Kier alpha value is -2.58. The Bertz CT molecular complexity index is 773. The average Bonchev–Trinajstić information content (AvgIpc) is 2.47. The van der Waals surface area contributed by atoms with E-state index in [-0.39, 0.29) is 4.90 Å². The number of nitrogens with zero attached hydrogens (tertiary/aromatic N) is 2. The van der Waals surface area contributed by atoms with E-state index in [4.69, 9.17) is 4.55 Å². The molecule has 2 rings (SSSR count). The Morgan fingerprint density at radius 2 is 1.95 bits per heavy atom. The third kappa shape index (κ3) is 4.20. The first-order valence-corrected chi connectivity index (χ1v) is 7.22. The van der Waals surface area contributed by atoms with Gasteiger partial charge in [-0.05, 0) is 29.8 Å². The molecule has 1 amide bonds. The first kappa shape index (κ1) is 14.8. The van der Waals surface area contributed by atoms with Crippen LogP contribution in [0.4, 0.5) is 0 Å². The van der Waals surface area contributed by atoms with Crippen LogP contribution in [-0.4, -0.2) is 30.1 Å². The molecule has 0 fully saturated rings. The van der Waals surface area contributed by atoms with Gasteiger partial charge < -0.3 is 0 Å². The van der Waals surface area contributed by atoms with Gasteiger partial charge in [0.2, 0.25) is 0 Å². The van der Waals surface area contributed by atoms with Crippen LogP contribution in [0.15, 0.2) is 58.8 Å². The summed E-state index contributed by atoms with van der Waals surface area (Å²) >= 11 is 0. The summed E-state index contributed by atoms with van der Waals surface area (Å²) in [5, 5.41) is 3.72. The lowest BCUT2D eigenvalue weighted by Crippen LogP contribution is -2.17. The lowest BCUT2D eigenvalue weighted by atomic mass is 10.2. The summed E-state index contributed by atoms with van der Waals surface area (Å²) in [4.78, 5) is 15.2. The molecule has 0 atom stereocenters. The fourth-order valence-corrected chi connectivity index (χ4v) is 2.02. The van der Waals surface area contributed by atoms with E-state index in [9.17, 15) is 13.2 Å². The number of rotatable bonds is 4.